The molecule has 0 amide bonds. The van der Waals surface area contributed by atoms with Gasteiger partial charge >= 0.3 is 8.80 Å². The highest BCUT2D eigenvalue weighted by atomic mass is 28.4. The zero-order chi connectivity index (χ0) is 14.7. The molecule has 0 aromatic rings. The predicted molar refractivity (Wildman–Crippen MR) is 72.8 cm³/mol. The van der Waals surface area contributed by atoms with Gasteiger partial charge in [-0.25, -0.2) is 0 Å². The molecule has 1 unspecified atom stereocenters. The number of epoxide rings is 1. The van der Waals surface area contributed by atoms with Crippen LogP contribution in [0.1, 0.15) is 34.1 Å². The summed E-state index contributed by atoms with van der Waals surface area (Å²) in [7, 11) is -3.04. The molecule has 1 aliphatic rings. The fourth-order valence-corrected chi connectivity index (χ4v) is 3.63. The Bertz CT molecular complexity index is 227. The van der Waals surface area contributed by atoms with Crippen molar-refractivity contribution in [1.29, 1.82) is 0 Å². The average Bonchev–Trinajstić information content (AvgIpc) is 3.23. The molecule has 1 atom stereocenters. The first-order valence-electron chi connectivity index (χ1n) is 6.77. The number of ether oxygens (including phenoxy) is 1. The van der Waals surface area contributed by atoms with Crippen LogP contribution in [-0.2, 0) is 22.8 Å². The number of aliphatic hydroxyl groups is 1. The van der Waals surface area contributed by atoms with Crippen LogP contribution in [0.25, 0.3) is 0 Å². The lowest BCUT2D eigenvalue weighted by Crippen LogP contribution is -2.53. The maximum Gasteiger partial charge on any atom is 0.574 e. The fourth-order valence-electron chi connectivity index (χ4n) is 1.33. The summed E-state index contributed by atoms with van der Waals surface area (Å²) in [5.41, 5.74) is 0. The summed E-state index contributed by atoms with van der Waals surface area (Å²) in [6.45, 7) is 9.58. The molecule has 19 heavy (non-hydrogen) atoms. The van der Waals surface area contributed by atoms with E-state index in [-0.39, 0.29) is 18.1 Å². The van der Waals surface area contributed by atoms with E-state index in [4.69, 9.17) is 18.4 Å². The Morgan fingerprint density at radius 3 is 1.74 bits per heavy atom. The van der Waals surface area contributed by atoms with E-state index in [1.807, 2.05) is 20.8 Å². The monoisotopic (exact) mass is 294 g/mol. The Kier molecular flexibility index (Phi) is 10.3. The molecule has 1 heterocycles. The highest BCUT2D eigenvalue weighted by Gasteiger charge is 2.48. The Morgan fingerprint density at radius 1 is 1.16 bits per heavy atom. The van der Waals surface area contributed by atoms with Gasteiger partial charge in [0.15, 0.2) is 0 Å². The van der Waals surface area contributed by atoms with E-state index in [2.05, 4.69) is 4.74 Å². The van der Waals surface area contributed by atoms with Crippen molar-refractivity contribution in [1.82, 2.24) is 0 Å². The molecule has 1 saturated heterocycles. The molecule has 114 valence electrons. The second-order valence-corrected chi connectivity index (χ2v) is 6.31. The summed E-state index contributed by atoms with van der Waals surface area (Å²) in [6, 6.07) is 0. The molecule has 0 radical (unpaired) electrons. The third kappa shape index (κ3) is 7.14. The molecule has 1 N–H and O–H groups in total. The predicted octanol–water partition coefficient (Wildman–Crippen LogP) is 0.931. The second-order valence-electron chi connectivity index (χ2n) is 3.77. The van der Waals surface area contributed by atoms with Crippen molar-refractivity contribution in [3.63, 3.8) is 0 Å². The quantitative estimate of drug-likeness (QED) is 0.503. The Hall–Kier alpha value is -0.313. The van der Waals surface area contributed by atoms with Crippen molar-refractivity contribution in [2.24, 2.45) is 0 Å². The number of rotatable bonds is 9. The van der Waals surface area contributed by atoms with Crippen LogP contribution in [-0.4, -0.2) is 58.5 Å². The van der Waals surface area contributed by atoms with Crippen LogP contribution < -0.4 is 0 Å². The van der Waals surface area contributed by atoms with E-state index in [0.717, 1.165) is 6.61 Å². The second kappa shape index (κ2) is 10.5. The lowest BCUT2D eigenvalue weighted by molar-refractivity contribution is -0.119. The van der Waals surface area contributed by atoms with E-state index in [1.165, 1.54) is 0 Å². The SMILES string of the molecule is CCO[Si](OCC)(OCC)C(=O)CC.OCC1CO1. The van der Waals surface area contributed by atoms with Crippen molar-refractivity contribution >= 4 is 14.2 Å². The van der Waals surface area contributed by atoms with Gasteiger partial charge in [0.05, 0.1) is 13.2 Å². The maximum absolute atomic E-state index is 11.7. The van der Waals surface area contributed by atoms with E-state index in [9.17, 15) is 4.79 Å². The van der Waals surface area contributed by atoms with Crippen LogP contribution in [0.4, 0.5) is 0 Å². The number of carbonyl (C=O) groups is 1. The van der Waals surface area contributed by atoms with Crippen molar-refractivity contribution in [3.05, 3.63) is 0 Å². The van der Waals surface area contributed by atoms with Gasteiger partial charge in [-0.05, 0) is 20.8 Å². The van der Waals surface area contributed by atoms with Gasteiger partial charge in [-0.1, -0.05) is 6.92 Å². The van der Waals surface area contributed by atoms with Gasteiger partial charge < -0.3 is 23.1 Å². The van der Waals surface area contributed by atoms with E-state index in [0.29, 0.717) is 26.2 Å². The zero-order valence-corrected chi connectivity index (χ0v) is 13.3. The molecule has 1 rings (SSSR count). The Balaban J connectivity index is 0.000000532. The summed E-state index contributed by atoms with van der Waals surface area (Å²) in [4.78, 5) is 11.7. The summed E-state index contributed by atoms with van der Waals surface area (Å²) < 4.78 is 20.8. The molecule has 0 aliphatic carbocycles. The Labute approximate surface area is 116 Å². The minimum atomic E-state index is -3.04. The van der Waals surface area contributed by atoms with Crippen molar-refractivity contribution in [2.45, 2.75) is 40.2 Å². The van der Waals surface area contributed by atoms with Crippen LogP contribution in [0.3, 0.4) is 0 Å². The number of hydrogen-bond donors (Lipinski definition) is 1. The summed E-state index contributed by atoms with van der Waals surface area (Å²) in [6.07, 6.45) is 0.585. The average molecular weight is 294 g/mol. The van der Waals surface area contributed by atoms with Crippen LogP contribution in [0.5, 0.6) is 0 Å². The molecule has 0 bridgehead atoms. The molecular weight excluding hydrogens is 268 g/mol. The van der Waals surface area contributed by atoms with Crippen LogP contribution in [0.15, 0.2) is 0 Å². The van der Waals surface area contributed by atoms with Gasteiger partial charge in [0.1, 0.15) is 6.10 Å². The van der Waals surface area contributed by atoms with Crippen molar-refractivity contribution < 1.29 is 27.9 Å². The van der Waals surface area contributed by atoms with Crippen molar-refractivity contribution in [2.75, 3.05) is 33.0 Å². The fraction of sp³-hybridized carbons (Fsp3) is 0.917. The molecule has 0 aromatic heterocycles. The number of aliphatic hydroxyl groups excluding tert-OH is 1. The van der Waals surface area contributed by atoms with E-state index < -0.39 is 8.80 Å². The molecule has 7 heteroatoms. The van der Waals surface area contributed by atoms with Crippen molar-refractivity contribution in [3.8, 4) is 0 Å². The van der Waals surface area contributed by atoms with E-state index in [1.54, 1.807) is 6.92 Å². The van der Waals surface area contributed by atoms with Crippen LogP contribution in [0.2, 0.25) is 0 Å². The van der Waals surface area contributed by atoms with Gasteiger partial charge in [0.25, 0.3) is 0 Å². The summed E-state index contributed by atoms with van der Waals surface area (Å²) >= 11 is 0. The van der Waals surface area contributed by atoms with Gasteiger partial charge in [-0.2, -0.15) is 0 Å². The van der Waals surface area contributed by atoms with Gasteiger partial charge in [-0.3, -0.25) is 4.79 Å². The van der Waals surface area contributed by atoms with Gasteiger partial charge in [0, 0.05) is 26.2 Å². The smallest absolute Gasteiger partial charge is 0.394 e. The largest absolute Gasteiger partial charge is 0.574 e. The molecule has 1 fully saturated rings. The molecule has 1 aliphatic heterocycles. The van der Waals surface area contributed by atoms with Gasteiger partial charge in [-0.15, -0.1) is 0 Å². The van der Waals surface area contributed by atoms with E-state index >= 15 is 0 Å². The van der Waals surface area contributed by atoms with Crippen LogP contribution in [0, 0.1) is 0 Å². The molecule has 0 spiro atoms. The van der Waals surface area contributed by atoms with Crippen LogP contribution >= 0.6 is 0 Å². The lowest BCUT2D eigenvalue weighted by atomic mass is 10.5. The highest BCUT2D eigenvalue weighted by molar-refractivity contribution is 6.92. The third-order valence-electron chi connectivity index (χ3n) is 2.27. The number of carbonyl (C=O) groups excluding carboxylic acids is 1. The number of hydrogen-bond acceptors (Lipinski definition) is 6. The minimum Gasteiger partial charge on any atom is -0.394 e. The first-order valence-corrected chi connectivity index (χ1v) is 8.50. The molecule has 6 nitrogen and oxygen atoms in total. The summed E-state index contributed by atoms with van der Waals surface area (Å²) in [5, 5.41) is 8.04. The first-order chi connectivity index (χ1) is 9.10. The molecular formula is C12H26O6Si. The third-order valence-corrected chi connectivity index (χ3v) is 5.31. The topological polar surface area (TPSA) is 77.5 Å². The summed E-state index contributed by atoms with van der Waals surface area (Å²) in [5.74, 6) is 0. The zero-order valence-electron chi connectivity index (χ0n) is 12.3. The minimum absolute atomic E-state index is 0.0388. The molecule has 0 saturated carbocycles. The molecule has 0 aromatic carbocycles. The normalized spacial score (nSPS) is 17.6. The maximum atomic E-state index is 11.7. The first kappa shape index (κ1) is 18.7. The lowest BCUT2D eigenvalue weighted by Gasteiger charge is -2.26. The standard InChI is InChI=1S/C9H20O4Si.C3H6O2/c1-5-9(10)14(11-6-2,12-7-3)13-8-4;4-1-3-2-5-3/h5-8H2,1-4H3;3-4H,1-2H2. The Morgan fingerprint density at radius 2 is 1.58 bits per heavy atom. The van der Waals surface area contributed by atoms with Gasteiger partial charge in [0.2, 0.25) is 5.41 Å². The highest BCUT2D eigenvalue weighted by Crippen LogP contribution is 2.13.